The van der Waals surface area contributed by atoms with E-state index in [1.54, 1.807) is 4.90 Å². The smallest absolute Gasteiger partial charge is 0.227 e. The number of hydrogen-bond donors (Lipinski definition) is 1. The maximum atomic E-state index is 14.2. The molecule has 2 heterocycles. The molecule has 0 radical (unpaired) electrons. The Kier molecular flexibility index (Phi) is 7.44. The normalized spacial score (nSPS) is 17.6. The van der Waals surface area contributed by atoms with E-state index in [1.165, 1.54) is 37.8 Å². The van der Waals surface area contributed by atoms with Gasteiger partial charge in [0.2, 0.25) is 5.91 Å². The van der Waals surface area contributed by atoms with Gasteiger partial charge in [-0.15, -0.1) is 0 Å². The van der Waals surface area contributed by atoms with Gasteiger partial charge >= 0.3 is 0 Å². The molecule has 2 aliphatic rings. The molecular formula is C21H30F2N2O2. The number of amides is 1. The van der Waals surface area contributed by atoms with Crippen LogP contribution in [0.1, 0.15) is 50.5 Å². The number of carbonyl (C=O) groups excluding carboxylic acids is 1. The predicted octanol–water partition coefficient (Wildman–Crippen LogP) is 3.68. The third-order valence-corrected chi connectivity index (χ3v) is 5.64. The molecule has 2 fully saturated rings. The molecular weight excluding hydrogens is 350 g/mol. The Morgan fingerprint density at radius 2 is 1.81 bits per heavy atom. The minimum absolute atomic E-state index is 0.166. The van der Waals surface area contributed by atoms with E-state index in [4.69, 9.17) is 4.74 Å². The minimum atomic E-state index is -0.704. The lowest BCUT2D eigenvalue weighted by Crippen LogP contribution is -2.43. The van der Waals surface area contributed by atoms with Crippen molar-refractivity contribution in [3.05, 3.63) is 29.3 Å². The SMILES string of the molecule is O=C(Cc1c(F)cc(OCCCCCC2CCNCC2)cc1F)N1CCC1. The second-order valence-electron chi connectivity index (χ2n) is 7.67. The van der Waals surface area contributed by atoms with Crippen molar-refractivity contribution >= 4 is 5.91 Å². The van der Waals surface area contributed by atoms with Gasteiger partial charge in [0.1, 0.15) is 17.4 Å². The molecule has 1 amide bonds. The monoisotopic (exact) mass is 380 g/mol. The number of piperidine rings is 1. The van der Waals surface area contributed by atoms with E-state index in [2.05, 4.69) is 5.32 Å². The first-order valence-corrected chi connectivity index (χ1v) is 10.2. The van der Waals surface area contributed by atoms with Crippen LogP contribution in [0.3, 0.4) is 0 Å². The van der Waals surface area contributed by atoms with Crippen LogP contribution in [0.5, 0.6) is 5.75 Å². The molecule has 150 valence electrons. The number of hydrogen-bond acceptors (Lipinski definition) is 3. The van der Waals surface area contributed by atoms with Gasteiger partial charge in [0.05, 0.1) is 13.0 Å². The molecule has 0 saturated carbocycles. The molecule has 0 atom stereocenters. The molecule has 2 saturated heterocycles. The topological polar surface area (TPSA) is 41.6 Å². The van der Waals surface area contributed by atoms with E-state index >= 15 is 0 Å². The maximum Gasteiger partial charge on any atom is 0.227 e. The van der Waals surface area contributed by atoms with Gasteiger partial charge in [-0.2, -0.15) is 0 Å². The summed E-state index contributed by atoms with van der Waals surface area (Å²) in [5.41, 5.74) is -0.166. The first-order valence-electron chi connectivity index (χ1n) is 10.2. The number of benzene rings is 1. The van der Waals surface area contributed by atoms with Crippen LogP contribution in [0.2, 0.25) is 0 Å². The lowest BCUT2D eigenvalue weighted by atomic mass is 9.92. The number of likely N-dealkylation sites (tertiary alicyclic amines) is 1. The van der Waals surface area contributed by atoms with Crippen LogP contribution in [0.25, 0.3) is 0 Å². The quantitative estimate of drug-likeness (QED) is 0.665. The molecule has 0 aromatic heterocycles. The molecule has 1 N–H and O–H groups in total. The van der Waals surface area contributed by atoms with Gasteiger partial charge in [-0.3, -0.25) is 4.79 Å². The van der Waals surface area contributed by atoms with Crippen LogP contribution in [-0.4, -0.2) is 43.6 Å². The fourth-order valence-electron chi connectivity index (χ4n) is 3.73. The average Bonchev–Trinajstić information content (AvgIpc) is 2.60. The van der Waals surface area contributed by atoms with Crippen molar-refractivity contribution in [3.63, 3.8) is 0 Å². The third-order valence-electron chi connectivity index (χ3n) is 5.64. The zero-order valence-electron chi connectivity index (χ0n) is 15.9. The van der Waals surface area contributed by atoms with E-state index in [0.29, 0.717) is 19.7 Å². The summed E-state index contributed by atoms with van der Waals surface area (Å²) in [5, 5.41) is 3.38. The highest BCUT2D eigenvalue weighted by Crippen LogP contribution is 2.23. The second-order valence-corrected chi connectivity index (χ2v) is 7.67. The van der Waals surface area contributed by atoms with Gasteiger partial charge in [0.25, 0.3) is 0 Å². The molecule has 0 bridgehead atoms. The molecule has 4 nitrogen and oxygen atoms in total. The number of ether oxygens (including phenoxy) is 1. The van der Waals surface area contributed by atoms with Crippen LogP contribution in [0, 0.1) is 17.6 Å². The number of nitrogens with one attached hydrogen (secondary N) is 1. The first kappa shape index (κ1) is 20.1. The molecule has 2 aliphatic heterocycles. The number of nitrogens with zero attached hydrogens (tertiary/aromatic N) is 1. The van der Waals surface area contributed by atoms with Crippen molar-refractivity contribution < 1.29 is 18.3 Å². The number of rotatable bonds is 9. The summed E-state index contributed by atoms with van der Waals surface area (Å²) < 4.78 is 33.9. The lowest BCUT2D eigenvalue weighted by molar-refractivity contribution is -0.133. The zero-order chi connectivity index (χ0) is 19.1. The standard InChI is InChI=1S/C21H30F2N2O2/c22-19-13-17(14-20(23)18(19)15-21(26)25-10-4-11-25)27-12-3-1-2-5-16-6-8-24-9-7-16/h13-14,16,24H,1-12,15H2. The molecule has 6 heteroatoms. The molecule has 0 aliphatic carbocycles. The lowest BCUT2D eigenvalue weighted by Gasteiger charge is -2.31. The zero-order valence-corrected chi connectivity index (χ0v) is 15.9. The van der Waals surface area contributed by atoms with Crippen molar-refractivity contribution in [1.29, 1.82) is 0 Å². The fourth-order valence-corrected chi connectivity index (χ4v) is 3.73. The minimum Gasteiger partial charge on any atom is -0.493 e. The van der Waals surface area contributed by atoms with E-state index in [1.807, 2.05) is 0 Å². The summed E-state index contributed by atoms with van der Waals surface area (Å²) in [6.07, 6.45) is 7.64. The van der Waals surface area contributed by atoms with Crippen LogP contribution >= 0.6 is 0 Å². The molecule has 1 aromatic carbocycles. The third kappa shape index (κ3) is 5.89. The van der Waals surface area contributed by atoms with E-state index < -0.39 is 11.6 Å². The molecule has 0 unspecified atom stereocenters. The van der Waals surface area contributed by atoms with Gasteiger partial charge in [-0.1, -0.05) is 19.3 Å². The molecule has 0 spiro atoms. The largest absolute Gasteiger partial charge is 0.493 e. The molecule has 1 aromatic rings. The highest BCUT2D eigenvalue weighted by atomic mass is 19.1. The summed E-state index contributed by atoms with van der Waals surface area (Å²) in [5.74, 6) is -0.596. The Morgan fingerprint density at radius 3 is 2.44 bits per heavy atom. The van der Waals surface area contributed by atoms with Gasteiger partial charge < -0.3 is 15.0 Å². The Hall–Kier alpha value is -1.69. The summed E-state index contributed by atoms with van der Waals surface area (Å²) in [7, 11) is 0. The van der Waals surface area contributed by atoms with Gasteiger partial charge in [-0.05, 0) is 44.7 Å². The van der Waals surface area contributed by atoms with E-state index in [0.717, 1.165) is 38.3 Å². The highest BCUT2D eigenvalue weighted by molar-refractivity contribution is 5.79. The Bertz CT molecular complexity index is 606. The first-order chi connectivity index (χ1) is 13.1. The summed E-state index contributed by atoms with van der Waals surface area (Å²) in [6.45, 7) is 4.08. The maximum absolute atomic E-state index is 14.2. The van der Waals surface area contributed by atoms with Crippen molar-refractivity contribution in [2.45, 2.75) is 51.4 Å². The molecule has 27 heavy (non-hydrogen) atoms. The highest BCUT2D eigenvalue weighted by Gasteiger charge is 2.23. The van der Waals surface area contributed by atoms with Crippen molar-refractivity contribution in [2.24, 2.45) is 5.92 Å². The van der Waals surface area contributed by atoms with Crippen molar-refractivity contribution in [2.75, 3.05) is 32.8 Å². The molecule has 3 rings (SSSR count). The number of unbranched alkanes of at least 4 members (excludes halogenated alkanes) is 2. The average molecular weight is 380 g/mol. The fraction of sp³-hybridized carbons (Fsp3) is 0.667. The van der Waals surface area contributed by atoms with Crippen LogP contribution < -0.4 is 10.1 Å². The summed E-state index contributed by atoms with van der Waals surface area (Å²) in [4.78, 5) is 13.5. The number of halogens is 2. The van der Waals surface area contributed by atoms with Gasteiger partial charge in [-0.25, -0.2) is 8.78 Å². The number of carbonyl (C=O) groups is 1. The summed E-state index contributed by atoms with van der Waals surface area (Å²) >= 11 is 0. The Morgan fingerprint density at radius 1 is 1.11 bits per heavy atom. The van der Waals surface area contributed by atoms with Gasteiger partial charge in [0, 0.05) is 30.8 Å². The Labute approximate surface area is 160 Å². The second kappa shape index (κ2) is 10.0. The summed E-state index contributed by atoms with van der Waals surface area (Å²) in [6, 6.07) is 2.38. The van der Waals surface area contributed by atoms with Crippen LogP contribution in [-0.2, 0) is 11.2 Å². The van der Waals surface area contributed by atoms with E-state index in [-0.39, 0.29) is 23.6 Å². The van der Waals surface area contributed by atoms with E-state index in [9.17, 15) is 13.6 Å². The van der Waals surface area contributed by atoms with Crippen molar-refractivity contribution in [1.82, 2.24) is 10.2 Å². The Balaban J connectivity index is 1.37. The van der Waals surface area contributed by atoms with Crippen molar-refractivity contribution in [3.8, 4) is 5.75 Å². The van der Waals surface area contributed by atoms with Gasteiger partial charge in [0.15, 0.2) is 0 Å². The van der Waals surface area contributed by atoms with Crippen LogP contribution in [0.4, 0.5) is 8.78 Å². The predicted molar refractivity (Wildman–Crippen MR) is 101 cm³/mol. The van der Waals surface area contributed by atoms with Crippen LogP contribution in [0.15, 0.2) is 12.1 Å².